The first kappa shape index (κ1) is 48.5. The number of Topliss-reactive ketones (excluding diaryl/α,β-unsaturated/α-hetero) is 2. The molecule has 1 atom stereocenters. The van der Waals surface area contributed by atoms with Crippen LogP contribution in [0.5, 0.6) is 0 Å². The third-order valence-corrected chi connectivity index (χ3v) is 2.66. The Bertz CT molecular complexity index is 522. The van der Waals surface area contributed by atoms with Crippen molar-refractivity contribution in [3.63, 3.8) is 0 Å². The number of carbonyl (C=O) groups excluding carboxylic acids is 4. The number of hydrogen-bond donors (Lipinski definition) is 2. The molecule has 0 rings (SSSR count). The van der Waals surface area contributed by atoms with Gasteiger partial charge >= 0.3 is 11.5 Å². The first-order chi connectivity index (χ1) is 15.0. The average Bonchev–Trinajstić information content (AvgIpc) is 2.65. The number of amides is 1. The monoisotopic (exact) mass is 907 g/mol. The molecule has 0 aromatic rings. The van der Waals surface area contributed by atoms with E-state index in [-0.39, 0.29) is 67.3 Å². The molecule has 1 radical (unpaired) electrons. The maximum absolute atomic E-state index is 11.1. The van der Waals surface area contributed by atoms with Gasteiger partial charge in [-0.3, -0.25) is 9.59 Å². The van der Waals surface area contributed by atoms with E-state index in [2.05, 4.69) is 47.3 Å². The third-order valence-electron chi connectivity index (χ3n) is 2.57. The van der Waals surface area contributed by atoms with E-state index in [1.807, 2.05) is 13.8 Å². The predicted molar refractivity (Wildman–Crippen MR) is 162 cm³/mol. The summed E-state index contributed by atoms with van der Waals surface area (Å²) in [5.74, 6) is -0.979. The number of ketones is 2. The van der Waals surface area contributed by atoms with Crippen LogP contribution in [-0.4, -0.2) is 55.1 Å². The standard InChI is InChI=1S/C9H17NO3.C5H11NO.C4H7ClO2.CH3FIP.I2.V/c1-6(2)8(11)5-10-9(12)13-7(3)4;1-4(2)5(7)3-6;1-3(2)7-4(5)6;1-4(2)3;1-2;/h6-7H,5H2,1-4H3,(H,10,12);4H,3,6H2,1-2H3;3H,1-2H3;1H3;;. The number of alkyl carbamates (subject to hydrolysis) is 1. The molecule has 0 aliphatic carbocycles. The summed E-state index contributed by atoms with van der Waals surface area (Å²) in [5, 5.41) is 2.38. The molecule has 0 aromatic carbocycles. The van der Waals surface area contributed by atoms with Gasteiger partial charge in [-0.15, -0.1) is 0 Å². The van der Waals surface area contributed by atoms with E-state index in [1.54, 1.807) is 70.2 Å². The third kappa shape index (κ3) is 58.9. The molecule has 205 valence electrons. The van der Waals surface area contributed by atoms with Crippen molar-refractivity contribution < 1.29 is 51.4 Å². The number of ether oxygens (including phenoxy) is 2. The van der Waals surface area contributed by atoms with Crippen molar-refractivity contribution in [1.82, 2.24) is 5.32 Å². The molecular weight excluding hydrogens is 869 g/mol. The van der Waals surface area contributed by atoms with Crippen LogP contribution in [0.15, 0.2) is 0 Å². The van der Waals surface area contributed by atoms with Crippen molar-refractivity contribution >= 4 is 99.8 Å². The van der Waals surface area contributed by atoms with Crippen LogP contribution in [-0.2, 0) is 37.6 Å². The molecular formula is C19H38ClFI3N2O6PV. The summed E-state index contributed by atoms with van der Waals surface area (Å²) in [7, 11) is 0. The van der Waals surface area contributed by atoms with Crippen LogP contribution >= 0.6 is 76.7 Å². The SMILES string of the molecule is CC(C)C(=O)CN.CC(C)OC(=O)Cl.CC(C)OC(=O)NCC(=O)C(C)C.CP(F)I.II.[V]. The Balaban J connectivity index is -0.0000000803. The van der Waals surface area contributed by atoms with Crippen molar-refractivity contribution in [1.29, 1.82) is 0 Å². The summed E-state index contributed by atoms with van der Waals surface area (Å²) in [6.45, 7) is 16.0. The topological polar surface area (TPSA) is 125 Å². The second-order valence-corrected chi connectivity index (χ2v) is 12.2. The molecule has 0 heterocycles. The maximum atomic E-state index is 11.1. The van der Waals surface area contributed by atoms with E-state index in [0.29, 0.717) is 0 Å². The molecule has 0 spiro atoms. The quantitative estimate of drug-likeness (QED) is 0.155. The van der Waals surface area contributed by atoms with Gasteiger partial charge in [-0.2, -0.15) is 0 Å². The van der Waals surface area contributed by atoms with E-state index >= 15 is 0 Å². The van der Waals surface area contributed by atoms with E-state index in [0.717, 1.165) is 0 Å². The van der Waals surface area contributed by atoms with Gasteiger partial charge in [-0.25, -0.2) is 13.8 Å². The molecule has 0 saturated heterocycles. The van der Waals surface area contributed by atoms with Gasteiger partial charge in [0.05, 0.1) is 25.3 Å². The zero-order valence-corrected chi connectivity index (χ0v) is 30.6. The molecule has 0 aliphatic heterocycles. The van der Waals surface area contributed by atoms with Crippen molar-refractivity contribution in [3.8, 4) is 0 Å². The largest absolute Gasteiger partial charge is 0.451 e. The number of nitrogens with two attached hydrogens (primary N) is 1. The Labute approximate surface area is 258 Å². The summed E-state index contributed by atoms with van der Waals surface area (Å²) < 4.78 is 20.2. The Morgan fingerprint density at radius 2 is 1.24 bits per heavy atom. The van der Waals surface area contributed by atoms with Gasteiger partial charge in [-0.1, -0.05) is 27.7 Å². The first-order valence-corrected chi connectivity index (χ1v) is 20.9. The number of nitrogens with one attached hydrogen (secondary N) is 1. The van der Waals surface area contributed by atoms with Crippen LogP contribution in [0.2, 0.25) is 0 Å². The molecule has 0 fully saturated rings. The Morgan fingerprint density at radius 3 is 1.38 bits per heavy atom. The molecule has 0 bridgehead atoms. The van der Waals surface area contributed by atoms with E-state index in [4.69, 9.17) is 22.1 Å². The fourth-order valence-electron chi connectivity index (χ4n) is 1.04. The zero-order valence-electron chi connectivity index (χ0n) is 21.0. The summed E-state index contributed by atoms with van der Waals surface area (Å²) in [6.07, 6.45) is -0.803. The van der Waals surface area contributed by atoms with Gasteiger partial charge < -0.3 is 20.5 Å². The first-order valence-electron chi connectivity index (χ1n) is 9.73. The summed E-state index contributed by atoms with van der Waals surface area (Å²) in [4.78, 5) is 42.1. The van der Waals surface area contributed by atoms with Crippen LogP contribution in [0.4, 0.5) is 13.8 Å². The van der Waals surface area contributed by atoms with Crippen LogP contribution in [0, 0.1) is 11.8 Å². The van der Waals surface area contributed by atoms with Gasteiger partial charge in [0, 0.05) is 79.2 Å². The molecule has 1 unspecified atom stereocenters. The number of rotatable bonds is 7. The van der Waals surface area contributed by atoms with Crippen molar-refractivity contribution in [2.24, 2.45) is 17.6 Å². The average molecular weight is 908 g/mol. The molecule has 8 nitrogen and oxygen atoms in total. The van der Waals surface area contributed by atoms with E-state index in [9.17, 15) is 23.4 Å². The van der Waals surface area contributed by atoms with Crippen molar-refractivity contribution in [2.45, 2.75) is 67.6 Å². The van der Waals surface area contributed by atoms with Crippen LogP contribution in [0.3, 0.4) is 0 Å². The van der Waals surface area contributed by atoms with Crippen LogP contribution in [0.1, 0.15) is 55.4 Å². The number of hydrogen-bond acceptors (Lipinski definition) is 7. The normalized spacial score (nSPS) is 9.85. The zero-order chi connectivity index (χ0) is 27.7. The van der Waals surface area contributed by atoms with E-state index < -0.39 is 17.4 Å². The van der Waals surface area contributed by atoms with Crippen molar-refractivity contribution in [2.75, 3.05) is 19.8 Å². The van der Waals surface area contributed by atoms with Gasteiger partial charge in [0.25, 0.3) is 0 Å². The summed E-state index contributed by atoms with van der Waals surface area (Å²) >= 11 is 10.8. The van der Waals surface area contributed by atoms with Crippen molar-refractivity contribution in [3.05, 3.63) is 0 Å². The Kier molecular flexibility index (Phi) is 49.2. The minimum Gasteiger partial charge on any atom is -0.451 e. The Morgan fingerprint density at radius 1 is 0.912 bits per heavy atom. The van der Waals surface area contributed by atoms with Crippen LogP contribution in [0.25, 0.3) is 0 Å². The maximum Gasteiger partial charge on any atom is 0.407 e. The van der Waals surface area contributed by atoms with E-state index in [1.165, 1.54) is 0 Å². The molecule has 15 heteroatoms. The molecule has 0 aliphatic rings. The summed E-state index contributed by atoms with van der Waals surface area (Å²) in [6, 6.07) is 0. The number of carbonyl (C=O) groups is 4. The van der Waals surface area contributed by atoms with Gasteiger partial charge in [0.2, 0.25) is 0 Å². The molecule has 1 amide bonds. The predicted octanol–water partition coefficient (Wildman–Crippen LogP) is 7.39. The smallest absolute Gasteiger partial charge is 0.407 e. The van der Waals surface area contributed by atoms with Gasteiger partial charge in [0.1, 0.15) is 11.7 Å². The second kappa shape index (κ2) is 34.5. The molecule has 0 saturated carbocycles. The minimum absolute atomic E-state index is 0. The fraction of sp³-hybridized carbons (Fsp3) is 0.789. The molecule has 0 aromatic heterocycles. The minimum atomic E-state index is -1.15. The number of halogens is 5. The fourth-order valence-corrected chi connectivity index (χ4v) is 1.22. The molecule has 3 N–H and O–H groups in total. The Hall–Kier alpha value is 1.46. The molecule has 34 heavy (non-hydrogen) atoms. The van der Waals surface area contributed by atoms with Gasteiger partial charge in [-0.05, 0) is 56.4 Å². The second-order valence-electron chi connectivity index (χ2n) is 7.06. The summed E-state index contributed by atoms with van der Waals surface area (Å²) in [5.41, 5.74) is 4.28. The van der Waals surface area contributed by atoms with Gasteiger partial charge in [0.15, 0.2) is 5.78 Å². The van der Waals surface area contributed by atoms with Crippen LogP contribution < -0.4 is 11.1 Å².